The van der Waals surface area contributed by atoms with E-state index in [0.29, 0.717) is 25.4 Å². The Morgan fingerprint density at radius 2 is 1.74 bits per heavy atom. The fraction of sp³-hybridized carbons (Fsp3) is 0.450. The first-order valence-corrected chi connectivity index (χ1v) is 9.24. The van der Waals surface area contributed by atoms with E-state index in [1.54, 1.807) is 0 Å². The number of amides is 1. The summed E-state index contributed by atoms with van der Waals surface area (Å²) in [6.45, 7) is 11.6. The van der Waals surface area contributed by atoms with Gasteiger partial charge in [0.2, 0.25) is 0 Å². The Labute approximate surface area is 157 Å². The van der Waals surface area contributed by atoms with Crippen LogP contribution in [0.1, 0.15) is 38.6 Å². The molecule has 1 aromatic carbocycles. The van der Waals surface area contributed by atoms with Crippen molar-refractivity contribution in [3.8, 4) is 0 Å². The van der Waals surface area contributed by atoms with E-state index < -0.39 is 0 Å². The van der Waals surface area contributed by atoms with Gasteiger partial charge in [-0.3, -0.25) is 9.69 Å². The predicted molar refractivity (Wildman–Crippen MR) is 101 cm³/mol. The van der Waals surface area contributed by atoms with Crippen molar-refractivity contribution < 1.29 is 13.8 Å². The molecule has 0 bridgehead atoms. The van der Waals surface area contributed by atoms with Gasteiger partial charge in [-0.05, 0) is 51.0 Å². The number of rotatable bonds is 3. The van der Waals surface area contributed by atoms with Crippen LogP contribution < -0.4 is 0 Å². The van der Waals surface area contributed by atoms with Gasteiger partial charge in [0, 0.05) is 43.7 Å². The van der Waals surface area contributed by atoms with Crippen molar-refractivity contribution in [1.82, 2.24) is 20.1 Å². The molecular weight excluding hydrogens is 344 g/mol. The summed E-state index contributed by atoms with van der Waals surface area (Å²) < 4.78 is 10.7. The second kappa shape index (κ2) is 6.81. The fourth-order valence-corrected chi connectivity index (χ4v) is 3.54. The van der Waals surface area contributed by atoms with Gasteiger partial charge in [0.05, 0.1) is 0 Å². The zero-order chi connectivity index (χ0) is 19.1. The number of carbonyl (C=O) groups is 1. The molecule has 0 unspecified atom stereocenters. The first kappa shape index (κ1) is 17.7. The molecule has 142 valence electrons. The lowest BCUT2D eigenvalue weighted by atomic mass is 10.0. The van der Waals surface area contributed by atoms with E-state index >= 15 is 0 Å². The van der Waals surface area contributed by atoms with E-state index in [9.17, 15) is 4.79 Å². The number of nitrogens with zero attached hydrogens (tertiary/aromatic N) is 4. The molecule has 0 aliphatic carbocycles. The lowest BCUT2D eigenvalue weighted by Crippen LogP contribution is -2.48. The highest BCUT2D eigenvalue weighted by Gasteiger charge is 2.27. The van der Waals surface area contributed by atoms with Crippen LogP contribution in [-0.2, 0) is 6.54 Å². The molecule has 0 radical (unpaired) electrons. The van der Waals surface area contributed by atoms with Crippen molar-refractivity contribution in [2.45, 2.75) is 34.2 Å². The smallest absolute Gasteiger partial charge is 0.289 e. The Bertz CT molecular complexity index is 996. The maximum Gasteiger partial charge on any atom is 0.289 e. The number of aryl methyl sites for hydroxylation is 4. The van der Waals surface area contributed by atoms with Crippen molar-refractivity contribution in [3.05, 3.63) is 46.0 Å². The van der Waals surface area contributed by atoms with Gasteiger partial charge in [-0.1, -0.05) is 10.3 Å². The standard InChI is InChI=1S/C20H24N4O3/c1-12-9-16-14(3)19(26-18(16)10-13(12)2)20(25)24-7-5-23(6-8-24)11-17-15(4)21-27-22-17/h9-10H,5-8,11H2,1-4H3. The highest BCUT2D eigenvalue weighted by Crippen LogP contribution is 2.29. The molecule has 1 saturated heterocycles. The van der Waals surface area contributed by atoms with Crippen LogP contribution in [0, 0.1) is 27.7 Å². The third-order valence-corrected chi connectivity index (χ3v) is 5.53. The number of piperazine rings is 1. The summed E-state index contributed by atoms with van der Waals surface area (Å²) in [6.07, 6.45) is 0. The highest BCUT2D eigenvalue weighted by molar-refractivity contribution is 5.99. The van der Waals surface area contributed by atoms with Crippen LogP contribution in [0.5, 0.6) is 0 Å². The summed E-state index contributed by atoms with van der Waals surface area (Å²) in [6, 6.07) is 4.12. The second-order valence-corrected chi connectivity index (χ2v) is 7.35. The Balaban J connectivity index is 1.47. The zero-order valence-corrected chi connectivity index (χ0v) is 16.2. The van der Waals surface area contributed by atoms with E-state index in [0.717, 1.165) is 41.0 Å². The summed E-state index contributed by atoms with van der Waals surface area (Å²) in [5.41, 5.74) is 5.75. The number of aromatic nitrogens is 2. The zero-order valence-electron chi connectivity index (χ0n) is 16.2. The molecule has 4 rings (SSSR count). The Morgan fingerprint density at radius 3 is 2.41 bits per heavy atom. The van der Waals surface area contributed by atoms with Gasteiger partial charge in [0.15, 0.2) is 5.76 Å². The van der Waals surface area contributed by atoms with Crippen LogP contribution in [0.25, 0.3) is 11.0 Å². The van der Waals surface area contributed by atoms with Crippen LogP contribution in [0.15, 0.2) is 21.2 Å². The molecule has 0 saturated carbocycles. The predicted octanol–water partition coefficient (Wildman–Crippen LogP) is 3.01. The highest BCUT2D eigenvalue weighted by atomic mass is 16.6. The van der Waals surface area contributed by atoms with Crippen molar-refractivity contribution in [2.75, 3.05) is 26.2 Å². The van der Waals surface area contributed by atoms with Gasteiger partial charge in [-0.2, -0.15) is 0 Å². The number of hydrogen-bond acceptors (Lipinski definition) is 6. The topological polar surface area (TPSA) is 75.6 Å². The molecule has 0 N–H and O–H groups in total. The number of furan rings is 1. The lowest BCUT2D eigenvalue weighted by Gasteiger charge is -2.33. The normalized spacial score (nSPS) is 15.6. The molecule has 0 atom stereocenters. The summed E-state index contributed by atoms with van der Waals surface area (Å²) in [5, 5.41) is 8.78. The first-order valence-electron chi connectivity index (χ1n) is 9.24. The monoisotopic (exact) mass is 368 g/mol. The summed E-state index contributed by atoms with van der Waals surface area (Å²) in [5.74, 6) is 0.429. The van der Waals surface area contributed by atoms with Crippen molar-refractivity contribution in [2.24, 2.45) is 0 Å². The third-order valence-electron chi connectivity index (χ3n) is 5.53. The fourth-order valence-electron chi connectivity index (χ4n) is 3.54. The number of carbonyl (C=O) groups excluding carboxylic acids is 1. The molecule has 1 amide bonds. The maximum atomic E-state index is 13.0. The average Bonchev–Trinajstić information content (AvgIpc) is 3.19. The van der Waals surface area contributed by atoms with Gasteiger partial charge in [0.25, 0.3) is 5.91 Å². The van der Waals surface area contributed by atoms with Crippen LogP contribution in [-0.4, -0.2) is 52.2 Å². The lowest BCUT2D eigenvalue weighted by molar-refractivity contribution is 0.0596. The molecule has 7 heteroatoms. The Hall–Kier alpha value is -2.67. The average molecular weight is 368 g/mol. The van der Waals surface area contributed by atoms with Gasteiger partial charge < -0.3 is 9.32 Å². The maximum absolute atomic E-state index is 13.0. The molecule has 0 spiro atoms. The van der Waals surface area contributed by atoms with Crippen molar-refractivity contribution >= 4 is 16.9 Å². The Kier molecular flexibility index (Phi) is 4.47. The summed E-state index contributed by atoms with van der Waals surface area (Å²) >= 11 is 0. The van der Waals surface area contributed by atoms with E-state index in [-0.39, 0.29) is 5.91 Å². The summed E-state index contributed by atoms with van der Waals surface area (Å²) in [7, 11) is 0. The summed E-state index contributed by atoms with van der Waals surface area (Å²) in [4.78, 5) is 17.1. The van der Waals surface area contributed by atoms with Crippen molar-refractivity contribution in [3.63, 3.8) is 0 Å². The van der Waals surface area contributed by atoms with Gasteiger partial charge in [0.1, 0.15) is 17.0 Å². The van der Waals surface area contributed by atoms with Crippen LogP contribution >= 0.6 is 0 Å². The van der Waals surface area contributed by atoms with E-state index in [4.69, 9.17) is 9.05 Å². The van der Waals surface area contributed by atoms with Gasteiger partial charge in [-0.25, -0.2) is 4.63 Å². The van der Waals surface area contributed by atoms with E-state index in [1.165, 1.54) is 11.1 Å². The number of benzene rings is 1. The molecule has 2 aromatic heterocycles. The van der Waals surface area contributed by atoms with Crippen LogP contribution in [0.3, 0.4) is 0 Å². The van der Waals surface area contributed by atoms with E-state index in [2.05, 4.69) is 35.1 Å². The number of fused-ring (bicyclic) bond motifs is 1. The quantitative estimate of drug-likeness (QED) is 0.707. The minimum absolute atomic E-state index is 0.0297. The van der Waals surface area contributed by atoms with Crippen molar-refractivity contribution in [1.29, 1.82) is 0 Å². The molecule has 27 heavy (non-hydrogen) atoms. The van der Waals surface area contributed by atoms with Gasteiger partial charge >= 0.3 is 0 Å². The molecule has 3 heterocycles. The molecule has 1 aliphatic heterocycles. The molecule has 7 nitrogen and oxygen atoms in total. The molecular formula is C20H24N4O3. The number of hydrogen-bond donors (Lipinski definition) is 0. The first-order chi connectivity index (χ1) is 12.9. The van der Waals surface area contributed by atoms with Gasteiger partial charge in [-0.15, -0.1) is 0 Å². The SMILES string of the molecule is Cc1cc2oc(C(=O)N3CCN(Cc4nonc4C)CC3)c(C)c2cc1C. The minimum atomic E-state index is -0.0297. The molecule has 1 aliphatic rings. The Morgan fingerprint density at radius 1 is 1.04 bits per heavy atom. The van der Waals surface area contributed by atoms with Crippen LogP contribution in [0.2, 0.25) is 0 Å². The third kappa shape index (κ3) is 3.23. The minimum Gasteiger partial charge on any atom is -0.451 e. The molecule has 1 fully saturated rings. The second-order valence-electron chi connectivity index (χ2n) is 7.35. The molecule has 3 aromatic rings. The largest absolute Gasteiger partial charge is 0.451 e. The van der Waals surface area contributed by atoms with E-state index in [1.807, 2.05) is 24.8 Å². The van der Waals surface area contributed by atoms with Crippen LogP contribution in [0.4, 0.5) is 0 Å².